The number of hydrogen-bond acceptors (Lipinski definition) is 3. The minimum Gasteiger partial charge on any atom is -0.326 e. The molecule has 23 heavy (non-hydrogen) atoms. The molecule has 0 heterocycles. The molecule has 0 radical (unpaired) electrons. The normalized spacial score (nSPS) is 16.0. The molecule has 1 aromatic rings. The number of hydrazone groups is 1. The standard InChI is InChI=1S/C18H25N3O2/c1-13-8-10-16(11-9-13)19-17(22)12-14(2)20-21-18(23)15-6-4-3-5-7-15/h8-11,15H,3-7,12H2,1-2H3,(H,19,22)(H,21,23)/b20-14+. The van der Waals surface area contributed by atoms with E-state index >= 15 is 0 Å². The van der Waals surface area contributed by atoms with E-state index in [9.17, 15) is 9.59 Å². The van der Waals surface area contributed by atoms with Gasteiger partial charge in [0.2, 0.25) is 11.8 Å². The second kappa shape index (κ2) is 8.46. The van der Waals surface area contributed by atoms with Gasteiger partial charge in [-0.15, -0.1) is 0 Å². The molecular weight excluding hydrogens is 290 g/mol. The van der Waals surface area contributed by atoms with E-state index in [1.54, 1.807) is 6.92 Å². The summed E-state index contributed by atoms with van der Waals surface area (Å²) in [6, 6.07) is 7.62. The number of hydrogen-bond donors (Lipinski definition) is 2. The van der Waals surface area contributed by atoms with Gasteiger partial charge in [0, 0.05) is 17.3 Å². The molecule has 5 heteroatoms. The zero-order valence-corrected chi connectivity index (χ0v) is 13.9. The zero-order valence-electron chi connectivity index (χ0n) is 13.9. The molecule has 0 unspecified atom stereocenters. The monoisotopic (exact) mass is 315 g/mol. The Morgan fingerprint density at radius 1 is 1.13 bits per heavy atom. The highest BCUT2D eigenvalue weighted by Gasteiger charge is 2.20. The van der Waals surface area contributed by atoms with E-state index in [0.717, 1.165) is 36.9 Å². The third-order valence-corrected chi connectivity index (χ3v) is 4.08. The molecule has 0 atom stereocenters. The number of amides is 2. The maximum absolute atomic E-state index is 12.0. The SMILES string of the molecule is C/C(CC(=O)Nc1ccc(C)cc1)=N\NC(=O)C1CCCCC1. The second-order valence-corrected chi connectivity index (χ2v) is 6.25. The summed E-state index contributed by atoms with van der Waals surface area (Å²) < 4.78 is 0. The Balaban J connectivity index is 1.78. The lowest BCUT2D eigenvalue weighted by Gasteiger charge is -2.19. The van der Waals surface area contributed by atoms with Gasteiger partial charge in [0.25, 0.3) is 0 Å². The summed E-state index contributed by atoms with van der Waals surface area (Å²) in [6.07, 6.45) is 5.48. The van der Waals surface area contributed by atoms with Gasteiger partial charge in [-0.3, -0.25) is 9.59 Å². The molecule has 1 aromatic carbocycles. The highest BCUT2D eigenvalue weighted by molar-refractivity contribution is 6.05. The zero-order chi connectivity index (χ0) is 16.7. The van der Waals surface area contributed by atoms with Gasteiger partial charge in [0.1, 0.15) is 0 Å². The van der Waals surface area contributed by atoms with Gasteiger partial charge in [0.15, 0.2) is 0 Å². The lowest BCUT2D eigenvalue weighted by molar-refractivity contribution is -0.126. The maximum atomic E-state index is 12.0. The van der Waals surface area contributed by atoms with Crippen LogP contribution < -0.4 is 10.7 Å². The Labute approximate surface area is 137 Å². The number of benzene rings is 1. The first kappa shape index (κ1) is 17.2. The van der Waals surface area contributed by atoms with Gasteiger partial charge in [0.05, 0.1) is 6.42 Å². The minimum atomic E-state index is -0.137. The van der Waals surface area contributed by atoms with Crippen molar-refractivity contribution in [2.75, 3.05) is 5.32 Å². The summed E-state index contributed by atoms with van der Waals surface area (Å²) >= 11 is 0. The van der Waals surface area contributed by atoms with E-state index in [1.165, 1.54) is 6.42 Å². The number of nitrogens with zero attached hydrogens (tertiary/aromatic N) is 1. The van der Waals surface area contributed by atoms with Crippen LogP contribution in [0.15, 0.2) is 29.4 Å². The van der Waals surface area contributed by atoms with Crippen LogP contribution in [0.25, 0.3) is 0 Å². The lowest BCUT2D eigenvalue weighted by atomic mass is 9.89. The van der Waals surface area contributed by atoms with Crippen molar-refractivity contribution in [3.05, 3.63) is 29.8 Å². The number of anilines is 1. The van der Waals surface area contributed by atoms with Crippen LogP contribution in [0, 0.1) is 12.8 Å². The number of carbonyl (C=O) groups excluding carboxylic acids is 2. The summed E-state index contributed by atoms with van der Waals surface area (Å²) in [5.41, 5.74) is 5.10. The number of carbonyl (C=O) groups is 2. The minimum absolute atomic E-state index is 0.0250. The largest absolute Gasteiger partial charge is 0.326 e. The van der Waals surface area contributed by atoms with E-state index in [2.05, 4.69) is 15.8 Å². The van der Waals surface area contributed by atoms with Crippen molar-refractivity contribution in [2.24, 2.45) is 11.0 Å². The first-order valence-electron chi connectivity index (χ1n) is 8.24. The molecule has 0 saturated heterocycles. The van der Waals surface area contributed by atoms with Crippen LogP contribution >= 0.6 is 0 Å². The average Bonchev–Trinajstić information content (AvgIpc) is 2.55. The van der Waals surface area contributed by atoms with E-state index in [4.69, 9.17) is 0 Å². The molecule has 1 fully saturated rings. The van der Waals surface area contributed by atoms with Crippen LogP contribution in [0.5, 0.6) is 0 Å². The third-order valence-electron chi connectivity index (χ3n) is 4.08. The quantitative estimate of drug-likeness (QED) is 0.646. The summed E-state index contributed by atoms with van der Waals surface area (Å²) in [7, 11) is 0. The van der Waals surface area contributed by atoms with Gasteiger partial charge >= 0.3 is 0 Å². The Morgan fingerprint density at radius 2 is 1.78 bits per heavy atom. The summed E-state index contributed by atoms with van der Waals surface area (Å²) in [6.45, 7) is 3.74. The van der Waals surface area contributed by atoms with Crippen LogP contribution in [0.1, 0.15) is 51.0 Å². The van der Waals surface area contributed by atoms with Crippen molar-refractivity contribution in [1.82, 2.24) is 5.43 Å². The molecule has 0 aromatic heterocycles. The van der Waals surface area contributed by atoms with Gasteiger partial charge in [-0.1, -0.05) is 37.0 Å². The Morgan fingerprint density at radius 3 is 2.43 bits per heavy atom. The predicted molar refractivity (Wildman–Crippen MR) is 92.3 cm³/mol. The van der Waals surface area contributed by atoms with Crippen LogP contribution in [-0.2, 0) is 9.59 Å². The number of nitrogens with one attached hydrogen (secondary N) is 2. The van der Waals surface area contributed by atoms with Crippen LogP contribution in [0.3, 0.4) is 0 Å². The molecule has 5 nitrogen and oxygen atoms in total. The fraction of sp³-hybridized carbons (Fsp3) is 0.500. The van der Waals surface area contributed by atoms with Gasteiger partial charge in [-0.25, -0.2) is 5.43 Å². The fourth-order valence-corrected chi connectivity index (χ4v) is 2.72. The molecule has 1 aliphatic carbocycles. The lowest BCUT2D eigenvalue weighted by Crippen LogP contribution is -2.29. The van der Waals surface area contributed by atoms with Crippen molar-refractivity contribution in [3.63, 3.8) is 0 Å². The summed E-state index contributed by atoms with van der Waals surface area (Å²) in [5, 5.41) is 6.87. The van der Waals surface area contributed by atoms with Gasteiger partial charge in [-0.05, 0) is 38.8 Å². The number of aryl methyl sites for hydroxylation is 1. The molecule has 1 aliphatic rings. The van der Waals surface area contributed by atoms with Crippen molar-refractivity contribution < 1.29 is 9.59 Å². The van der Waals surface area contributed by atoms with Crippen LogP contribution in [0.4, 0.5) is 5.69 Å². The van der Waals surface area contributed by atoms with Crippen molar-refractivity contribution >= 4 is 23.2 Å². The second-order valence-electron chi connectivity index (χ2n) is 6.25. The molecule has 2 amide bonds. The van der Waals surface area contributed by atoms with Gasteiger partial charge in [-0.2, -0.15) is 5.10 Å². The summed E-state index contributed by atoms with van der Waals surface area (Å²) in [4.78, 5) is 23.9. The Kier molecular flexibility index (Phi) is 6.32. The highest BCUT2D eigenvalue weighted by Crippen LogP contribution is 2.23. The van der Waals surface area contributed by atoms with Crippen LogP contribution in [-0.4, -0.2) is 17.5 Å². The molecular formula is C18H25N3O2. The van der Waals surface area contributed by atoms with Crippen LogP contribution in [0.2, 0.25) is 0 Å². The molecule has 0 bridgehead atoms. The van der Waals surface area contributed by atoms with E-state index < -0.39 is 0 Å². The highest BCUT2D eigenvalue weighted by atomic mass is 16.2. The van der Waals surface area contributed by atoms with E-state index in [1.807, 2.05) is 31.2 Å². The fourth-order valence-electron chi connectivity index (χ4n) is 2.72. The third kappa shape index (κ3) is 5.85. The first-order chi connectivity index (χ1) is 11.0. The van der Waals surface area contributed by atoms with E-state index in [-0.39, 0.29) is 24.2 Å². The average molecular weight is 315 g/mol. The summed E-state index contributed by atoms with van der Waals surface area (Å²) in [5.74, 6) is -0.0910. The predicted octanol–water partition coefficient (Wildman–Crippen LogP) is 3.40. The Hall–Kier alpha value is -2.17. The smallest absolute Gasteiger partial charge is 0.243 e. The molecule has 1 saturated carbocycles. The first-order valence-corrected chi connectivity index (χ1v) is 8.24. The number of rotatable bonds is 5. The van der Waals surface area contributed by atoms with Crippen molar-refractivity contribution in [1.29, 1.82) is 0 Å². The molecule has 2 N–H and O–H groups in total. The topological polar surface area (TPSA) is 70.6 Å². The maximum Gasteiger partial charge on any atom is 0.243 e. The molecule has 0 aliphatic heterocycles. The molecule has 0 spiro atoms. The van der Waals surface area contributed by atoms with Crippen molar-refractivity contribution in [2.45, 2.75) is 52.4 Å². The molecule has 124 valence electrons. The Bertz CT molecular complexity index is 572. The molecule has 2 rings (SSSR count). The van der Waals surface area contributed by atoms with Crippen molar-refractivity contribution in [3.8, 4) is 0 Å². The van der Waals surface area contributed by atoms with Gasteiger partial charge < -0.3 is 5.32 Å². The van der Waals surface area contributed by atoms with E-state index in [0.29, 0.717) is 5.71 Å².